The van der Waals surface area contributed by atoms with E-state index in [2.05, 4.69) is 19.8 Å². The molecule has 0 unspecified atom stereocenters. The van der Waals surface area contributed by atoms with Crippen LogP contribution in [0.15, 0.2) is 71.1 Å². The van der Waals surface area contributed by atoms with Crippen molar-refractivity contribution < 1.29 is 8.42 Å². The Bertz CT molecular complexity index is 1010. The van der Waals surface area contributed by atoms with Crippen LogP contribution in [-0.2, 0) is 16.6 Å². The predicted octanol–water partition coefficient (Wildman–Crippen LogP) is 1.51. The summed E-state index contributed by atoms with van der Waals surface area (Å²) in [5.41, 5.74) is 2.47. The smallest absolute Gasteiger partial charge is 0.263 e. The van der Waals surface area contributed by atoms with Gasteiger partial charge in [-0.3, -0.25) is 9.71 Å². The zero-order valence-electron chi connectivity index (χ0n) is 12.5. The Morgan fingerprint density at radius 2 is 1.88 bits per heavy atom. The molecule has 24 heavy (non-hydrogen) atoms. The highest BCUT2D eigenvalue weighted by Crippen LogP contribution is 2.22. The lowest BCUT2D eigenvalue weighted by atomic mass is 10.2. The molecule has 0 saturated heterocycles. The van der Waals surface area contributed by atoms with E-state index in [-0.39, 0.29) is 4.90 Å². The fourth-order valence-electron chi connectivity index (χ4n) is 2.52. The summed E-state index contributed by atoms with van der Waals surface area (Å²) < 4.78 is 28.2. The van der Waals surface area contributed by atoms with E-state index in [1.165, 1.54) is 6.33 Å². The molecule has 120 valence electrons. The predicted molar refractivity (Wildman–Crippen MR) is 88.4 cm³/mol. The summed E-state index contributed by atoms with van der Waals surface area (Å²) in [6.07, 6.45) is 3.10. The summed E-state index contributed by atoms with van der Waals surface area (Å²) in [6.45, 7) is 0.379. The molecule has 0 spiro atoms. The van der Waals surface area contributed by atoms with Crippen LogP contribution in [0.1, 0.15) is 11.1 Å². The van der Waals surface area contributed by atoms with Crippen molar-refractivity contribution in [1.29, 1.82) is 0 Å². The van der Waals surface area contributed by atoms with Crippen LogP contribution in [-0.4, -0.2) is 29.0 Å². The highest BCUT2D eigenvalue weighted by Gasteiger charge is 2.29. The molecule has 2 heterocycles. The van der Waals surface area contributed by atoms with Crippen LogP contribution in [0.4, 0.5) is 0 Å². The van der Waals surface area contributed by atoms with E-state index in [0.717, 1.165) is 11.3 Å². The van der Waals surface area contributed by atoms with Gasteiger partial charge in [-0.2, -0.15) is 5.10 Å². The molecule has 2 aromatic carbocycles. The largest absolute Gasteiger partial charge is 0.263 e. The Balaban J connectivity index is 1.58. The van der Waals surface area contributed by atoms with E-state index in [0.29, 0.717) is 17.9 Å². The molecule has 4 rings (SSSR count). The molecule has 1 aliphatic rings. The van der Waals surface area contributed by atoms with Gasteiger partial charge >= 0.3 is 0 Å². The molecule has 0 atom stereocenters. The summed E-state index contributed by atoms with van der Waals surface area (Å²) in [6, 6.07) is 14.5. The molecular formula is C16H13N5O2S. The lowest BCUT2D eigenvalue weighted by molar-refractivity contribution is 0.595. The number of amidine groups is 1. The maximum Gasteiger partial charge on any atom is 0.263 e. The van der Waals surface area contributed by atoms with Gasteiger partial charge in [0.15, 0.2) is 0 Å². The van der Waals surface area contributed by atoms with Gasteiger partial charge in [0, 0.05) is 5.56 Å². The van der Waals surface area contributed by atoms with E-state index in [4.69, 9.17) is 0 Å². The molecule has 1 aliphatic heterocycles. The molecule has 0 bridgehead atoms. The van der Waals surface area contributed by atoms with Crippen molar-refractivity contribution in [3.63, 3.8) is 0 Å². The minimum Gasteiger partial charge on any atom is -0.263 e. The normalized spacial score (nSPS) is 16.8. The zero-order chi connectivity index (χ0) is 16.6. The van der Waals surface area contributed by atoms with Crippen molar-refractivity contribution in [2.75, 3.05) is 0 Å². The monoisotopic (exact) mass is 339 g/mol. The molecule has 8 heteroatoms. The van der Waals surface area contributed by atoms with Crippen LogP contribution in [0.2, 0.25) is 0 Å². The SMILES string of the molecule is O=S1(=O)NC(=NCc2ccc(-n3cncn3)cc2)c2ccccc21. The molecule has 0 radical (unpaired) electrons. The average Bonchev–Trinajstić information content (AvgIpc) is 3.21. The van der Waals surface area contributed by atoms with Crippen LogP contribution in [0, 0.1) is 0 Å². The minimum atomic E-state index is -3.49. The van der Waals surface area contributed by atoms with E-state index >= 15 is 0 Å². The lowest BCUT2D eigenvalue weighted by Crippen LogP contribution is -2.22. The molecule has 1 N–H and O–H groups in total. The number of aromatic nitrogens is 3. The minimum absolute atomic E-state index is 0.269. The summed E-state index contributed by atoms with van der Waals surface area (Å²) in [5, 5.41) is 4.07. The van der Waals surface area contributed by atoms with Crippen LogP contribution in [0.25, 0.3) is 5.69 Å². The highest BCUT2D eigenvalue weighted by molar-refractivity contribution is 7.90. The lowest BCUT2D eigenvalue weighted by Gasteiger charge is -2.03. The molecule has 3 aromatic rings. The molecule has 0 saturated carbocycles. The standard InChI is InChI=1S/C16H13N5O2S/c22-24(23)15-4-2-1-3-14(15)16(20-24)18-9-12-5-7-13(8-6-12)21-11-17-10-19-21/h1-8,10-11H,9H2,(H,18,20). The Morgan fingerprint density at radius 3 is 2.62 bits per heavy atom. The quantitative estimate of drug-likeness (QED) is 0.783. The van der Waals surface area contributed by atoms with Gasteiger partial charge < -0.3 is 0 Å². The number of hydrogen-bond donors (Lipinski definition) is 1. The van der Waals surface area contributed by atoms with Gasteiger partial charge in [-0.15, -0.1) is 0 Å². The van der Waals surface area contributed by atoms with E-state index in [1.54, 1.807) is 35.3 Å². The van der Waals surface area contributed by atoms with E-state index in [1.807, 2.05) is 24.3 Å². The number of fused-ring (bicyclic) bond motifs is 1. The second-order valence-electron chi connectivity index (χ2n) is 5.27. The summed E-state index contributed by atoms with van der Waals surface area (Å²) in [5.74, 6) is 0.381. The number of nitrogens with zero attached hydrogens (tertiary/aromatic N) is 4. The van der Waals surface area contributed by atoms with Crippen molar-refractivity contribution in [3.05, 3.63) is 72.3 Å². The summed E-state index contributed by atoms with van der Waals surface area (Å²) in [7, 11) is -3.49. The van der Waals surface area contributed by atoms with Gasteiger partial charge in [0.1, 0.15) is 18.5 Å². The third-order valence-corrected chi connectivity index (χ3v) is 5.10. The van der Waals surface area contributed by atoms with Gasteiger partial charge in [-0.05, 0) is 29.8 Å². The summed E-state index contributed by atoms with van der Waals surface area (Å²) >= 11 is 0. The van der Waals surface area contributed by atoms with Crippen LogP contribution >= 0.6 is 0 Å². The first kappa shape index (κ1) is 14.6. The van der Waals surface area contributed by atoms with Gasteiger partial charge in [-0.25, -0.2) is 18.1 Å². The first-order valence-electron chi connectivity index (χ1n) is 7.24. The maximum absolute atomic E-state index is 12.0. The van der Waals surface area contributed by atoms with Crippen molar-refractivity contribution in [1.82, 2.24) is 19.5 Å². The van der Waals surface area contributed by atoms with E-state index in [9.17, 15) is 8.42 Å². The Kier molecular flexibility index (Phi) is 3.39. The third kappa shape index (κ3) is 2.56. The highest BCUT2D eigenvalue weighted by atomic mass is 32.2. The van der Waals surface area contributed by atoms with Crippen molar-refractivity contribution in [2.24, 2.45) is 4.99 Å². The number of sulfonamides is 1. The van der Waals surface area contributed by atoms with Crippen LogP contribution in [0.3, 0.4) is 0 Å². The van der Waals surface area contributed by atoms with Crippen LogP contribution < -0.4 is 4.72 Å². The first-order valence-corrected chi connectivity index (χ1v) is 8.72. The fraction of sp³-hybridized carbons (Fsp3) is 0.0625. The fourth-order valence-corrected chi connectivity index (χ4v) is 3.77. The van der Waals surface area contributed by atoms with Gasteiger partial charge in [0.2, 0.25) is 0 Å². The Morgan fingerprint density at radius 1 is 1.08 bits per heavy atom. The number of nitrogens with one attached hydrogen (secondary N) is 1. The number of benzene rings is 2. The van der Waals surface area contributed by atoms with Crippen molar-refractivity contribution in [2.45, 2.75) is 11.4 Å². The number of rotatable bonds is 3. The number of hydrogen-bond acceptors (Lipinski definition) is 5. The molecule has 0 aliphatic carbocycles. The molecule has 0 amide bonds. The topological polar surface area (TPSA) is 89.2 Å². The van der Waals surface area contributed by atoms with Gasteiger partial charge in [0.25, 0.3) is 10.0 Å². The molecule has 7 nitrogen and oxygen atoms in total. The number of aliphatic imine (C=N–C) groups is 1. The van der Waals surface area contributed by atoms with Crippen molar-refractivity contribution >= 4 is 15.9 Å². The second kappa shape index (κ2) is 5.57. The third-order valence-electron chi connectivity index (χ3n) is 3.70. The molecule has 1 aromatic heterocycles. The maximum atomic E-state index is 12.0. The van der Waals surface area contributed by atoms with E-state index < -0.39 is 10.0 Å². The molecule has 0 fully saturated rings. The Hall–Kier alpha value is -3.00. The second-order valence-corrected chi connectivity index (χ2v) is 6.92. The van der Waals surface area contributed by atoms with Gasteiger partial charge in [-0.1, -0.05) is 24.3 Å². The summed E-state index contributed by atoms with van der Waals surface area (Å²) in [4.78, 5) is 8.59. The van der Waals surface area contributed by atoms with Crippen LogP contribution in [0.5, 0.6) is 0 Å². The first-order chi connectivity index (χ1) is 11.6. The molecular weight excluding hydrogens is 326 g/mol. The van der Waals surface area contributed by atoms with Gasteiger partial charge in [0.05, 0.1) is 17.1 Å². The average molecular weight is 339 g/mol. The van der Waals surface area contributed by atoms with Crippen molar-refractivity contribution in [3.8, 4) is 5.69 Å². The Labute approximate surface area is 138 Å². The zero-order valence-corrected chi connectivity index (χ0v) is 13.3.